The highest BCUT2D eigenvalue weighted by Gasteiger charge is 2.17. The SMILES string of the molecule is CCc1cccc(C(CN(C)C)O[P+](=S)[S-])c1. The first-order valence-electron chi connectivity index (χ1n) is 5.57. The van der Waals surface area contributed by atoms with E-state index in [0.717, 1.165) is 13.0 Å². The molecule has 1 aromatic rings. The summed E-state index contributed by atoms with van der Waals surface area (Å²) in [7, 11) is 4.05. The minimum absolute atomic E-state index is 0.0161. The molecule has 0 radical (unpaired) electrons. The molecule has 0 saturated heterocycles. The molecule has 0 saturated carbocycles. The first-order valence-corrected chi connectivity index (χ1v) is 8.86. The summed E-state index contributed by atoms with van der Waals surface area (Å²) in [4.78, 5) is 2.09. The fourth-order valence-corrected chi connectivity index (χ4v) is 2.67. The van der Waals surface area contributed by atoms with Crippen LogP contribution in [0.15, 0.2) is 24.3 Å². The van der Waals surface area contributed by atoms with Crippen LogP contribution >= 0.6 is 6.13 Å². The lowest BCUT2D eigenvalue weighted by atomic mass is 10.0. The number of benzene rings is 1. The zero-order valence-corrected chi connectivity index (χ0v) is 12.9. The first kappa shape index (κ1) is 15.1. The fourth-order valence-electron chi connectivity index (χ4n) is 1.65. The maximum absolute atomic E-state index is 5.70. The second-order valence-corrected chi connectivity index (χ2v) is 7.52. The van der Waals surface area contributed by atoms with Gasteiger partial charge in [-0.3, -0.25) is 0 Å². The summed E-state index contributed by atoms with van der Waals surface area (Å²) in [6.45, 7) is 2.95. The van der Waals surface area contributed by atoms with Crippen LogP contribution in [0, 0.1) is 0 Å². The monoisotopic (exact) mass is 287 g/mol. The van der Waals surface area contributed by atoms with E-state index in [9.17, 15) is 0 Å². The van der Waals surface area contributed by atoms with Crippen molar-refractivity contribution < 1.29 is 4.52 Å². The minimum atomic E-state index is -1.17. The molecule has 0 aromatic heterocycles. The molecule has 1 rings (SSSR count). The summed E-state index contributed by atoms with van der Waals surface area (Å²) in [5.41, 5.74) is 2.48. The Bertz CT molecular complexity index is 385. The Hall–Kier alpha value is 0.01000. The molecular formula is C12H18NOPS2. The van der Waals surface area contributed by atoms with Crippen molar-refractivity contribution in [2.75, 3.05) is 20.6 Å². The third kappa shape index (κ3) is 5.45. The summed E-state index contributed by atoms with van der Waals surface area (Å²) >= 11 is 10.0. The van der Waals surface area contributed by atoms with Crippen molar-refractivity contribution in [2.24, 2.45) is 0 Å². The van der Waals surface area contributed by atoms with Crippen molar-refractivity contribution in [1.82, 2.24) is 4.90 Å². The summed E-state index contributed by atoms with van der Waals surface area (Å²) < 4.78 is 5.70. The Morgan fingerprint density at radius 3 is 2.71 bits per heavy atom. The lowest BCUT2D eigenvalue weighted by molar-refractivity contribution is 0.188. The van der Waals surface area contributed by atoms with E-state index in [2.05, 4.69) is 36.1 Å². The Balaban J connectivity index is 2.90. The largest absolute Gasteiger partial charge is 0.441 e. The Morgan fingerprint density at radius 1 is 1.47 bits per heavy atom. The van der Waals surface area contributed by atoms with Crippen molar-refractivity contribution in [1.29, 1.82) is 0 Å². The lowest BCUT2D eigenvalue weighted by Gasteiger charge is -2.19. The van der Waals surface area contributed by atoms with Gasteiger partial charge in [0.05, 0.1) is 0 Å². The van der Waals surface area contributed by atoms with Crippen LogP contribution in [0.5, 0.6) is 0 Å². The fraction of sp³-hybridized carbons (Fsp3) is 0.500. The molecule has 0 aliphatic carbocycles. The van der Waals surface area contributed by atoms with Gasteiger partial charge in [-0.2, -0.15) is 4.52 Å². The topological polar surface area (TPSA) is 12.5 Å². The van der Waals surface area contributed by atoms with Crippen LogP contribution in [0.25, 0.3) is 0 Å². The quantitative estimate of drug-likeness (QED) is 0.588. The molecule has 0 aliphatic heterocycles. The molecule has 0 amide bonds. The van der Waals surface area contributed by atoms with E-state index in [0.29, 0.717) is 0 Å². The van der Waals surface area contributed by atoms with Crippen molar-refractivity contribution in [2.45, 2.75) is 19.4 Å². The van der Waals surface area contributed by atoms with Gasteiger partial charge in [0.2, 0.25) is 6.13 Å². The van der Waals surface area contributed by atoms with Gasteiger partial charge >= 0.3 is 0 Å². The average Bonchev–Trinajstić information content (AvgIpc) is 2.27. The molecule has 2 nitrogen and oxygen atoms in total. The van der Waals surface area contributed by atoms with Crippen molar-refractivity contribution in [3.05, 3.63) is 35.4 Å². The van der Waals surface area contributed by atoms with Crippen LogP contribution in [0.4, 0.5) is 0 Å². The van der Waals surface area contributed by atoms with Gasteiger partial charge < -0.3 is 17.1 Å². The molecule has 2 atom stereocenters. The highest BCUT2D eigenvalue weighted by molar-refractivity contribution is 8.45. The summed E-state index contributed by atoms with van der Waals surface area (Å²) in [6, 6.07) is 8.45. The second-order valence-electron chi connectivity index (χ2n) is 4.18. The van der Waals surface area contributed by atoms with Crippen LogP contribution in [-0.4, -0.2) is 25.5 Å². The molecule has 0 N–H and O–H groups in total. The number of aryl methyl sites for hydroxylation is 1. The van der Waals surface area contributed by atoms with Crippen LogP contribution in [0.1, 0.15) is 24.2 Å². The average molecular weight is 287 g/mol. The predicted molar refractivity (Wildman–Crippen MR) is 79.9 cm³/mol. The zero-order valence-electron chi connectivity index (χ0n) is 10.4. The lowest BCUT2D eigenvalue weighted by Crippen LogP contribution is -2.21. The second kappa shape index (κ2) is 7.45. The first-order chi connectivity index (χ1) is 8.02. The molecule has 94 valence electrons. The van der Waals surface area contributed by atoms with E-state index in [-0.39, 0.29) is 6.10 Å². The number of nitrogens with zero attached hydrogens (tertiary/aromatic N) is 1. The van der Waals surface area contributed by atoms with Gasteiger partial charge in [-0.25, -0.2) is 0 Å². The van der Waals surface area contributed by atoms with Crippen LogP contribution < -0.4 is 0 Å². The van der Waals surface area contributed by atoms with Gasteiger partial charge in [-0.15, -0.1) is 0 Å². The van der Waals surface area contributed by atoms with Gasteiger partial charge in [0.15, 0.2) is 11.8 Å². The third-order valence-electron chi connectivity index (χ3n) is 2.48. The van der Waals surface area contributed by atoms with Gasteiger partial charge in [-0.1, -0.05) is 31.2 Å². The van der Waals surface area contributed by atoms with Crippen LogP contribution in [0.3, 0.4) is 0 Å². The normalized spacial score (nSPS) is 13.8. The van der Waals surface area contributed by atoms with Gasteiger partial charge in [-0.05, 0) is 31.6 Å². The number of hydrogen-bond donors (Lipinski definition) is 0. The van der Waals surface area contributed by atoms with Crippen LogP contribution in [-0.2, 0) is 35.0 Å². The number of hydrogen-bond acceptors (Lipinski definition) is 4. The molecule has 2 unspecified atom stereocenters. The van der Waals surface area contributed by atoms with E-state index < -0.39 is 6.13 Å². The van der Waals surface area contributed by atoms with Gasteiger partial charge in [0.25, 0.3) is 0 Å². The third-order valence-corrected chi connectivity index (χ3v) is 3.42. The van der Waals surface area contributed by atoms with E-state index in [1.807, 2.05) is 14.1 Å². The van der Waals surface area contributed by atoms with Gasteiger partial charge in [0.1, 0.15) is 6.10 Å². The molecule has 5 heteroatoms. The summed E-state index contributed by atoms with van der Waals surface area (Å²) in [6.07, 6.45) is -0.157. The predicted octanol–water partition coefficient (Wildman–Crippen LogP) is 3.19. The maximum atomic E-state index is 5.70. The number of likely N-dealkylation sites (N-methyl/N-ethyl adjacent to an activating group) is 1. The van der Waals surface area contributed by atoms with E-state index in [1.165, 1.54) is 11.1 Å². The zero-order chi connectivity index (χ0) is 12.8. The highest BCUT2D eigenvalue weighted by Crippen LogP contribution is 2.31. The van der Waals surface area contributed by atoms with E-state index in [1.54, 1.807) is 0 Å². The molecule has 0 aliphatic rings. The molecule has 0 bridgehead atoms. The minimum Gasteiger partial charge on any atom is -0.441 e. The standard InChI is InChI=1S/C12H18NOPS2/c1-4-10-6-5-7-11(8-10)12(9-13(2)3)14-15(16)17/h5-8,12H,4,9H2,1-3H3. The van der Waals surface area contributed by atoms with E-state index >= 15 is 0 Å². The Labute approximate surface area is 115 Å². The molecule has 17 heavy (non-hydrogen) atoms. The van der Waals surface area contributed by atoms with E-state index in [4.69, 9.17) is 28.6 Å². The summed E-state index contributed by atoms with van der Waals surface area (Å²) in [5, 5.41) is 0. The van der Waals surface area contributed by atoms with Crippen molar-refractivity contribution in [3.8, 4) is 0 Å². The smallest absolute Gasteiger partial charge is 0.202 e. The Kier molecular flexibility index (Phi) is 6.60. The van der Waals surface area contributed by atoms with Gasteiger partial charge in [0, 0.05) is 6.54 Å². The molecule has 0 heterocycles. The van der Waals surface area contributed by atoms with Crippen LogP contribution in [0.2, 0.25) is 0 Å². The highest BCUT2D eigenvalue weighted by atomic mass is 32.9. The number of rotatable bonds is 6. The molecule has 0 fully saturated rings. The molecule has 1 aromatic carbocycles. The Morgan fingerprint density at radius 2 is 2.18 bits per heavy atom. The van der Waals surface area contributed by atoms with Crippen molar-refractivity contribution >= 4 is 30.2 Å². The molecule has 0 spiro atoms. The van der Waals surface area contributed by atoms with Crippen molar-refractivity contribution in [3.63, 3.8) is 0 Å². The maximum Gasteiger partial charge on any atom is 0.202 e. The molecular weight excluding hydrogens is 269 g/mol. The summed E-state index contributed by atoms with van der Waals surface area (Å²) in [5.74, 6) is 0.